The average molecular weight is 370 g/mol. The Morgan fingerprint density at radius 3 is 2.61 bits per heavy atom. The number of aromatic nitrogens is 1. The van der Waals surface area contributed by atoms with Crippen molar-refractivity contribution in [3.05, 3.63) is 18.2 Å². The summed E-state index contributed by atoms with van der Waals surface area (Å²) in [5.41, 5.74) is 6.12. The number of halogens is 4. The zero-order valence-electron chi connectivity index (χ0n) is 12.2. The van der Waals surface area contributed by atoms with Crippen molar-refractivity contribution >= 4 is 45.0 Å². The third kappa shape index (κ3) is 5.22. The molecule has 1 aromatic heterocycles. The highest BCUT2D eigenvalue weighted by molar-refractivity contribution is 7.22. The maximum absolute atomic E-state index is 12.2. The van der Waals surface area contributed by atoms with Gasteiger partial charge in [0.15, 0.2) is 5.13 Å². The summed E-state index contributed by atoms with van der Waals surface area (Å²) in [7, 11) is 0. The summed E-state index contributed by atoms with van der Waals surface area (Å²) in [5.74, 6) is -1.03. The van der Waals surface area contributed by atoms with Crippen LogP contribution < -0.4 is 15.8 Å². The minimum Gasteiger partial charge on any atom is -0.406 e. The van der Waals surface area contributed by atoms with Gasteiger partial charge in [0.2, 0.25) is 5.91 Å². The molecule has 2 unspecified atom stereocenters. The molecule has 128 valence electrons. The molecule has 2 atom stereocenters. The van der Waals surface area contributed by atoms with E-state index in [4.69, 9.17) is 5.73 Å². The molecule has 0 aliphatic rings. The fraction of sp³-hybridized carbons (Fsp3) is 0.385. The molecule has 10 heteroatoms. The monoisotopic (exact) mass is 369 g/mol. The number of nitrogens with one attached hydrogen (secondary N) is 1. The number of carbonyl (C=O) groups is 1. The van der Waals surface area contributed by atoms with Gasteiger partial charge in [-0.25, -0.2) is 4.98 Å². The smallest absolute Gasteiger partial charge is 0.406 e. The molecule has 0 aliphatic carbocycles. The third-order valence-corrected chi connectivity index (χ3v) is 3.96. The number of hydrogen-bond acceptors (Lipinski definition) is 5. The molecule has 0 saturated carbocycles. The van der Waals surface area contributed by atoms with Crippen molar-refractivity contribution in [2.24, 2.45) is 11.7 Å². The van der Waals surface area contributed by atoms with Crippen LogP contribution in [0.25, 0.3) is 10.2 Å². The van der Waals surface area contributed by atoms with Gasteiger partial charge in [0.1, 0.15) is 5.75 Å². The van der Waals surface area contributed by atoms with Crippen molar-refractivity contribution in [3.8, 4) is 5.75 Å². The van der Waals surface area contributed by atoms with Crippen LogP contribution in [-0.4, -0.2) is 23.3 Å². The zero-order chi connectivity index (χ0) is 16.5. The molecule has 0 aliphatic heterocycles. The maximum Gasteiger partial charge on any atom is 0.573 e. The molecule has 0 spiro atoms. The Labute approximate surface area is 140 Å². The highest BCUT2D eigenvalue weighted by Crippen LogP contribution is 2.31. The molecule has 0 fully saturated rings. The fourth-order valence-corrected chi connectivity index (χ4v) is 2.51. The molecular weight excluding hydrogens is 355 g/mol. The molecule has 0 saturated heterocycles. The number of alkyl halides is 3. The Morgan fingerprint density at radius 2 is 2.04 bits per heavy atom. The topological polar surface area (TPSA) is 77.2 Å². The van der Waals surface area contributed by atoms with E-state index in [0.29, 0.717) is 15.3 Å². The normalized spacial score (nSPS) is 14.0. The fourth-order valence-electron chi connectivity index (χ4n) is 1.61. The first kappa shape index (κ1) is 19.5. The van der Waals surface area contributed by atoms with Crippen LogP contribution in [0.3, 0.4) is 0 Å². The molecule has 0 radical (unpaired) electrons. The number of carbonyl (C=O) groups excluding carboxylic acids is 1. The second-order valence-electron chi connectivity index (χ2n) is 4.83. The number of thiazole rings is 1. The predicted molar refractivity (Wildman–Crippen MR) is 85.0 cm³/mol. The lowest BCUT2D eigenvalue weighted by Gasteiger charge is -2.13. The van der Waals surface area contributed by atoms with Crippen LogP contribution in [0.2, 0.25) is 0 Å². The molecule has 1 aromatic carbocycles. The van der Waals surface area contributed by atoms with Crippen molar-refractivity contribution in [3.63, 3.8) is 0 Å². The number of nitrogens with two attached hydrogens (primary N) is 1. The van der Waals surface area contributed by atoms with Crippen molar-refractivity contribution in [2.75, 3.05) is 5.32 Å². The molecular formula is C13H15ClF3N3O2S. The first-order chi connectivity index (χ1) is 10.2. The van der Waals surface area contributed by atoms with E-state index in [1.165, 1.54) is 18.2 Å². The third-order valence-electron chi connectivity index (χ3n) is 3.03. The van der Waals surface area contributed by atoms with E-state index in [1.54, 1.807) is 13.8 Å². The minimum absolute atomic E-state index is 0. The van der Waals surface area contributed by atoms with Gasteiger partial charge in [-0.15, -0.1) is 25.6 Å². The van der Waals surface area contributed by atoms with E-state index in [9.17, 15) is 18.0 Å². The van der Waals surface area contributed by atoms with Crippen LogP contribution in [0, 0.1) is 5.92 Å². The highest BCUT2D eigenvalue weighted by atomic mass is 35.5. The van der Waals surface area contributed by atoms with E-state index >= 15 is 0 Å². The molecule has 2 aromatic rings. The summed E-state index contributed by atoms with van der Waals surface area (Å²) in [6.45, 7) is 3.39. The van der Waals surface area contributed by atoms with Crippen molar-refractivity contribution in [1.82, 2.24) is 4.98 Å². The highest BCUT2D eigenvalue weighted by Gasteiger charge is 2.31. The SMILES string of the molecule is CC(N)C(C)C(=O)Nc1nc2ccc(OC(F)(F)F)cc2s1.Cl. The number of ether oxygens (including phenoxy) is 1. The van der Waals surface area contributed by atoms with E-state index in [2.05, 4.69) is 15.0 Å². The van der Waals surface area contributed by atoms with Crippen LogP contribution in [0.4, 0.5) is 18.3 Å². The van der Waals surface area contributed by atoms with Gasteiger partial charge in [-0.2, -0.15) is 0 Å². The van der Waals surface area contributed by atoms with Crippen LogP contribution in [0.1, 0.15) is 13.8 Å². The number of nitrogens with zero attached hydrogens (tertiary/aromatic N) is 1. The Balaban J connectivity index is 0.00000264. The summed E-state index contributed by atoms with van der Waals surface area (Å²) in [4.78, 5) is 16.0. The predicted octanol–water partition coefficient (Wildman–Crippen LogP) is 3.54. The first-order valence-corrected chi connectivity index (χ1v) is 7.20. The lowest BCUT2D eigenvalue weighted by molar-refractivity contribution is -0.274. The molecule has 5 nitrogen and oxygen atoms in total. The summed E-state index contributed by atoms with van der Waals surface area (Å²) < 4.78 is 40.9. The van der Waals surface area contributed by atoms with Gasteiger partial charge < -0.3 is 15.8 Å². The van der Waals surface area contributed by atoms with E-state index in [1.807, 2.05) is 0 Å². The van der Waals surface area contributed by atoms with Gasteiger partial charge in [0, 0.05) is 12.1 Å². The number of anilines is 1. The van der Waals surface area contributed by atoms with E-state index in [0.717, 1.165) is 11.3 Å². The number of rotatable bonds is 4. The summed E-state index contributed by atoms with van der Waals surface area (Å²) >= 11 is 1.06. The number of hydrogen-bond donors (Lipinski definition) is 2. The van der Waals surface area contributed by atoms with Gasteiger partial charge in [-0.05, 0) is 19.1 Å². The molecule has 1 heterocycles. The Bertz CT molecular complexity index is 691. The first-order valence-electron chi connectivity index (χ1n) is 6.38. The largest absolute Gasteiger partial charge is 0.573 e. The van der Waals surface area contributed by atoms with Gasteiger partial charge in [-0.3, -0.25) is 4.79 Å². The van der Waals surface area contributed by atoms with E-state index < -0.39 is 12.3 Å². The van der Waals surface area contributed by atoms with Gasteiger partial charge >= 0.3 is 6.36 Å². The molecule has 23 heavy (non-hydrogen) atoms. The second kappa shape index (κ2) is 7.33. The van der Waals surface area contributed by atoms with Crippen LogP contribution in [-0.2, 0) is 4.79 Å². The molecule has 3 N–H and O–H groups in total. The standard InChI is InChI=1S/C13H14F3N3O2S.ClH/c1-6(7(2)17)11(20)19-12-18-9-4-3-8(5-10(9)22-12)21-13(14,15)16;/h3-7H,17H2,1-2H3,(H,18,19,20);1H. The van der Waals surface area contributed by atoms with E-state index in [-0.39, 0.29) is 30.1 Å². The zero-order valence-corrected chi connectivity index (χ0v) is 13.8. The summed E-state index contributed by atoms with van der Waals surface area (Å²) in [5, 5.41) is 2.91. The second-order valence-corrected chi connectivity index (χ2v) is 5.86. The van der Waals surface area contributed by atoms with Crippen molar-refractivity contribution < 1.29 is 22.7 Å². The molecule has 0 bridgehead atoms. The average Bonchev–Trinajstić information content (AvgIpc) is 2.77. The summed E-state index contributed by atoms with van der Waals surface area (Å²) in [6, 6.07) is 3.48. The summed E-state index contributed by atoms with van der Waals surface area (Å²) in [6.07, 6.45) is -4.75. The number of fused-ring (bicyclic) bond motifs is 1. The van der Waals surface area contributed by atoms with Crippen LogP contribution >= 0.6 is 23.7 Å². The Kier molecular flexibility index (Phi) is 6.20. The number of benzene rings is 1. The van der Waals surface area contributed by atoms with Gasteiger partial charge in [0.25, 0.3) is 0 Å². The quantitative estimate of drug-likeness (QED) is 0.864. The van der Waals surface area contributed by atoms with Crippen molar-refractivity contribution in [1.29, 1.82) is 0 Å². The van der Waals surface area contributed by atoms with Crippen LogP contribution in [0.15, 0.2) is 18.2 Å². The van der Waals surface area contributed by atoms with Gasteiger partial charge in [0.05, 0.1) is 16.1 Å². The Hall–Kier alpha value is -1.58. The molecule has 1 amide bonds. The molecule has 2 rings (SSSR count). The van der Waals surface area contributed by atoms with Gasteiger partial charge in [-0.1, -0.05) is 18.3 Å². The number of amides is 1. The van der Waals surface area contributed by atoms with Crippen molar-refractivity contribution in [2.45, 2.75) is 26.3 Å². The maximum atomic E-state index is 12.2. The lowest BCUT2D eigenvalue weighted by Crippen LogP contribution is -2.34. The Morgan fingerprint density at radius 1 is 1.39 bits per heavy atom. The van der Waals surface area contributed by atoms with Crippen LogP contribution in [0.5, 0.6) is 5.75 Å². The lowest BCUT2D eigenvalue weighted by atomic mass is 10.0. The minimum atomic E-state index is -4.75.